The third kappa shape index (κ3) is 3.30. The molecule has 0 spiro atoms. The Morgan fingerprint density at radius 1 is 1.10 bits per heavy atom. The Balaban J connectivity index is 2.15. The van der Waals surface area contributed by atoms with Gasteiger partial charge in [0.25, 0.3) is 0 Å². The number of hydrogen-bond acceptors (Lipinski definition) is 3. The average molecular weight is 273 g/mol. The number of benzene rings is 2. The van der Waals surface area contributed by atoms with Gasteiger partial charge in [-0.1, -0.05) is 44.2 Å². The van der Waals surface area contributed by atoms with Crippen LogP contribution in [0, 0.1) is 5.92 Å². The van der Waals surface area contributed by atoms with Crippen molar-refractivity contribution in [2.45, 2.75) is 26.5 Å². The highest BCUT2D eigenvalue weighted by Gasteiger charge is 2.09. The second-order valence-electron chi connectivity index (χ2n) is 5.41. The third-order valence-electron chi connectivity index (χ3n) is 3.63. The normalized spacial score (nSPS) is 12.8. The number of ether oxygens (including phenoxy) is 1. The standard InChI is InChI=1S/C17H23NO2/c1-12(2)16(19)11-18-10-13-8-9-17(20-3)15-7-5-4-6-14(13)15/h4-9,12,16,18-19H,10-11H2,1-3H3. The SMILES string of the molecule is COc1ccc(CNCC(O)C(C)C)c2ccccc12. The monoisotopic (exact) mass is 273 g/mol. The van der Waals surface area contributed by atoms with Crippen molar-refractivity contribution in [3.05, 3.63) is 42.0 Å². The Labute approximate surface area is 120 Å². The van der Waals surface area contributed by atoms with Gasteiger partial charge in [0, 0.05) is 18.5 Å². The first-order valence-corrected chi connectivity index (χ1v) is 7.07. The molecule has 3 nitrogen and oxygen atoms in total. The van der Waals surface area contributed by atoms with Crippen LogP contribution in [0.3, 0.4) is 0 Å². The van der Waals surface area contributed by atoms with Gasteiger partial charge in [-0.05, 0) is 22.9 Å². The average Bonchev–Trinajstić information content (AvgIpc) is 2.47. The van der Waals surface area contributed by atoms with Crippen molar-refractivity contribution in [1.82, 2.24) is 5.32 Å². The van der Waals surface area contributed by atoms with Gasteiger partial charge in [-0.15, -0.1) is 0 Å². The van der Waals surface area contributed by atoms with E-state index in [2.05, 4.69) is 23.5 Å². The molecule has 2 aromatic carbocycles. The number of fused-ring (bicyclic) bond motifs is 1. The van der Waals surface area contributed by atoms with Gasteiger partial charge in [-0.3, -0.25) is 0 Å². The summed E-state index contributed by atoms with van der Waals surface area (Å²) < 4.78 is 5.40. The molecule has 20 heavy (non-hydrogen) atoms. The molecule has 108 valence electrons. The smallest absolute Gasteiger partial charge is 0.126 e. The van der Waals surface area contributed by atoms with Gasteiger partial charge in [0.05, 0.1) is 13.2 Å². The number of nitrogens with one attached hydrogen (secondary N) is 1. The molecule has 0 bridgehead atoms. The second kappa shape index (κ2) is 6.73. The molecule has 2 aromatic rings. The van der Waals surface area contributed by atoms with Gasteiger partial charge < -0.3 is 15.2 Å². The van der Waals surface area contributed by atoms with Crippen LogP contribution in [0.2, 0.25) is 0 Å². The maximum atomic E-state index is 9.82. The van der Waals surface area contributed by atoms with Gasteiger partial charge in [-0.2, -0.15) is 0 Å². The zero-order chi connectivity index (χ0) is 14.5. The lowest BCUT2D eigenvalue weighted by Gasteiger charge is -2.16. The summed E-state index contributed by atoms with van der Waals surface area (Å²) in [4.78, 5) is 0. The maximum absolute atomic E-state index is 9.82. The summed E-state index contributed by atoms with van der Waals surface area (Å²) in [5, 5.41) is 15.5. The van der Waals surface area contributed by atoms with Crippen LogP contribution in [0.5, 0.6) is 5.75 Å². The Hall–Kier alpha value is -1.58. The molecule has 0 aliphatic rings. The van der Waals surface area contributed by atoms with E-state index in [-0.39, 0.29) is 12.0 Å². The summed E-state index contributed by atoms with van der Waals surface area (Å²) in [6, 6.07) is 12.3. The first-order valence-electron chi connectivity index (χ1n) is 7.07. The fourth-order valence-electron chi connectivity index (χ4n) is 2.26. The van der Waals surface area contributed by atoms with E-state index < -0.39 is 0 Å². The molecule has 0 aliphatic heterocycles. The van der Waals surface area contributed by atoms with Crippen LogP contribution in [-0.4, -0.2) is 24.9 Å². The fraction of sp³-hybridized carbons (Fsp3) is 0.412. The molecule has 0 amide bonds. The van der Waals surface area contributed by atoms with Crippen LogP contribution in [0.4, 0.5) is 0 Å². The molecule has 0 heterocycles. The Morgan fingerprint density at radius 2 is 1.80 bits per heavy atom. The first kappa shape index (κ1) is 14.8. The summed E-state index contributed by atoms with van der Waals surface area (Å²) in [6.07, 6.45) is -0.306. The topological polar surface area (TPSA) is 41.5 Å². The molecule has 0 aliphatic carbocycles. The van der Waals surface area contributed by atoms with Crippen molar-refractivity contribution in [3.8, 4) is 5.75 Å². The quantitative estimate of drug-likeness (QED) is 0.850. The molecule has 0 aromatic heterocycles. The van der Waals surface area contributed by atoms with Crippen molar-refractivity contribution in [2.75, 3.05) is 13.7 Å². The van der Waals surface area contributed by atoms with E-state index in [1.807, 2.05) is 32.0 Å². The van der Waals surface area contributed by atoms with Crippen LogP contribution in [0.15, 0.2) is 36.4 Å². The number of aliphatic hydroxyl groups excluding tert-OH is 1. The highest BCUT2D eigenvalue weighted by Crippen LogP contribution is 2.28. The summed E-state index contributed by atoms with van der Waals surface area (Å²) in [5.41, 5.74) is 1.22. The molecule has 1 atom stereocenters. The second-order valence-corrected chi connectivity index (χ2v) is 5.41. The number of methoxy groups -OCH3 is 1. The molecule has 0 radical (unpaired) electrons. The Bertz CT molecular complexity index is 566. The highest BCUT2D eigenvalue weighted by molar-refractivity contribution is 5.91. The molecule has 3 heteroatoms. The minimum atomic E-state index is -0.306. The van der Waals surface area contributed by atoms with Crippen LogP contribution < -0.4 is 10.1 Å². The summed E-state index contributed by atoms with van der Waals surface area (Å²) in [7, 11) is 1.69. The minimum absolute atomic E-state index is 0.273. The van der Waals surface area contributed by atoms with E-state index in [4.69, 9.17) is 4.74 Å². The number of aliphatic hydroxyl groups is 1. The van der Waals surface area contributed by atoms with Gasteiger partial charge >= 0.3 is 0 Å². The van der Waals surface area contributed by atoms with Gasteiger partial charge in [0.15, 0.2) is 0 Å². The van der Waals surface area contributed by atoms with E-state index in [1.165, 1.54) is 10.9 Å². The Kier molecular flexibility index (Phi) is 4.99. The van der Waals surface area contributed by atoms with E-state index in [9.17, 15) is 5.11 Å². The van der Waals surface area contributed by atoms with E-state index in [0.717, 1.165) is 17.7 Å². The van der Waals surface area contributed by atoms with Crippen molar-refractivity contribution in [3.63, 3.8) is 0 Å². The molecule has 0 fully saturated rings. The first-order chi connectivity index (χ1) is 9.63. The summed E-state index contributed by atoms with van der Waals surface area (Å²) in [6.45, 7) is 5.40. The van der Waals surface area contributed by atoms with Crippen LogP contribution in [0.1, 0.15) is 19.4 Å². The van der Waals surface area contributed by atoms with Crippen molar-refractivity contribution >= 4 is 10.8 Å². The maximum Gasteiger partial charge on any atom is 0.126 e. The molecule has 0 saturated carbocycles. The van der Waals surface area contributed by atoms with E-state index >= 15 is 0 Å². The minimum Gasteiger partial charge on any atom is -0.496 e. The third-order valence-corrected chi connectivity index (χ3v) is 3.63. The molecular formula is C17H23NO2. The van der Waals surface area contributed by atoms with Crippen LogP contribution in [-0.2, 0) is 6.54 Å². The highest BCUT2D eigenvalue weighted by atomic mass is 16.5. The van der Waals surface area contributed by atoms with Crippen LogP contribution in [0.25, 0.3) is 10.8 Å². The predicted octanol–water partition coefficient (Wildman–Crippen LogP) is 2.95. The van der Waals surface area contributed by atoms with Crippen molar-refractivity contribution in [1.29, 1.82) is 0 Å². The lowest BCUT2D eigenvalue weighted by atomic mass is 10.0. The zero-order valence-electron chi connectivity index (χ0n) is 12.4. The molecular weight excluding hydrogens is 250 g/mol. The largest absolute Gasteiger partial charge is 0.496 e. The predicted molar refractivity (Wildman–Crippen MR) is 83.1 cm³/mol. The van der Waals surface area contributed by atoms with E-state index in [1.54, 1.807) is 7.11 Å². The van der Waals surface area contributed by atoms with Gasteiger partial charge in [0.1, 0.15) is 5.75 Å². The molecule has 1 unspecified atom stereocenters. The van der Waals surface area contributed by atoms with E-state index in [0.29, 0.717) is 6.54 Å². The fourth-order valence-corrected chi connectivity index (χ4v) is 2.26. The van der Waals surface area contributed by atoms with Crippen molar-refractivity contribution < 1.29 is 9.84 Å². The van der Waals surface area contributed by atoms with Gasteiger partial charge in [-0.25, -0.2) is 0 Å². The van der Waals surface area contributed by atoms with Crippen molar-refractivity contribution in [2.24, 2.45) is 5.92 Å². The zero-order valence-corrected chi connectivity index (χ0v) is 12.4. The number of rotatable bonds is 6. The molecule has 2 N–H and O–H groups in total. The van der Waals surface area contributed by atoms with Gasteiger partial charge in [0.2, 0.25) is 0 Å². The lowest BCUT2D eigenvalue weighted by Crippen LogP contribution is -2.30. The van der Waals surface area contributed by atoms with Crippen LogP contribution >= 0.6 is 0 Å². The Morgan fingerprint density at radius 3 is 2.45 bits per heavy atom. The summed E-state index contributed by atoms with van der Waals surface area (Å²) >= 11 is 0. The molecule has 2 rings (SSSR count). The summed E-state index contributed by atoms with van der Waals surface area (Å²) in [5.74, 6) is 1.17. The number of hydrogen-bond donors (Lipinski definition) is 2. The lowest BCUT2D eigenvalue weighted by molar-refractivity contribution is 0.123. The molecule has 0 saturated heterocycles.